The molecule has 0 saturated carbocycles. The van der Waals surface area contributed by atoms with Crippen LogP contribution in [0.15, 0.2) is 18.2 Å². The van der Waals surface area contributed by atoms with Gasteiger partial charge >= 0.3 is 0 Å². The predicted molar refractivity (Wildman–Crippen MR) is 77.1 cm³/mol. The van der Waals surface area contributed by atoms with Gasteiger partial charge in [0.15, 0.2) is 6.29 Å². The van der Waals surface area contributed by atoms with Crippen molar-refractivity contribution >= 4 is 5.91 Å². The van der Waals surface area contributed by atoms with Crippen LogP contribution < -0.4 is 10.1 Å². The first-order valence-corrected chi connectivity index (χ1v) is 6.78. The fourth-order valence-corrected chi connectivity index (χ4v) is 1.81. The van der Waals surface area contributed by atoms with Crippen LogP contribution in [0.5, 0.6) is 5.75 Å². The van der Waals surface area contributed by atoms with Crippen molar-refractivity contribution in [1.29, 1.82) is 0 Å². The molecule has 0 saturated heterocycles. The molecule has 0 aliphatic carbocycles. The van der Waals surface area contributed by atoms with Gasteiger partial charge in [0.25, 0.3) is 5.91 Å². The summed E-state index contributed by atoms with van der Waals surface area (Å²) in [4.78, 5) is 12.2. The number of hydrogen-bond donors (Lipinski definition) is 1. The smallest absolute Gasteiger partial charge is 0.255 e. The molecule has 0 aliphatic rings. The zero-order valence-electron chi connectivity index (χ0n) is 12.6. The lowest BCUT2D eigenvalue weighted by molar-refractivity contribution is -0.131. The second-order valence-corrected chi connectivity index (χ2v) is 4.25. The van der Waals surface area contributed by atoms with Gasteiger partial charge < -0.3 is 19.5 Å². The number of methoxy groups -OCH3 is 1. The Balaban J connectivity index is 2.68. The summed E-state index contributed by atoms with van der Waals surface area (Å²) in [6.07, 6.45) is -0.426. The molecule has 0 unspecified atom stereocenters. The van der Waals surface area contributed by atoms with E-state index in [9.17, 15) is 4.79 Å². The van der Waals surface area contributed by atoms with Crippen LogP contribution in [-0.4, -0.2) is 39.1 Å². The molecule has 0 spiro atoms. The number of carbonyl (C=O) groups is 1. The summed E-state index contributed by atoms with van der Waals surface area (Å²) < 4.78 is 16.0. The Labute approximate surface area is 120 Å². The highest BCUT2D eigenvalue weighted by atomic mass is 16.7. The monoisotopic (exact) mass is 281 g/mol. The van der Waals surface area contributed by atoms with Crippen molar-refractivity contribution in [3.8, 4) is 5.75 Å². The van der Waals surface area contributed by atoms with E-state index in [0.29, 0.717) is 31.1 Å². The van der Waals surface area contributed by atoms with Crippen molar-refractivity contribution in [3.05, 3.63) is 29.3 Å². The van der Waals surface area contributed by atoms with Gasteiger partial charge in [-0.05, 0) is 32.9 Å². The lowest BCUT2D eigenvalue weighted by atomic mass is 10.1. The zero-order chi connectivity index (χ0) is 15.0. The number of amides is 1. The second-order valence-electron chi connectivity index (χ2n) is 4.25. The normalized spacial score (nSPS) is 10.7. The number of carbonyl (C=O) groups excluding carboxylic acids is 1. The number of nitrogens with one attached hydrogen (secondary N) is 1. The lowest BCUT2D eigenvalue weighted by Gasteiger charge is -2.18. The minimum Gasteiger partial charge on any atom is -0.496 e. The summed E-state index contributed by atoms with van der Waals surface area (Å²) in [6, 6.07) is 5.48. The van der Waals surface area contributed by atoms with Gasteiger partial charge in [-0.15, -0.1) is 0 Å². The number of benzene rings is 1. The van der Waals surface area contributed by atoms with Crippen LogP contribution in [0.3, 0.4) is 0 Å². The molecule has 1 rings (SSSR count). The molecular formula is C15H23NO4. The van der Waals surface area contributed by atoms with E-state index in [1.807, 2.05) is 26.8 Å². The number of rotatable bonds is 8. The Kier molecular flexibility index (Phi) is 7.04. The summed E-state index contributed by atoms with van der Waals surface area (Å²) in [7, 11) is 1.55. The van der Waals surface area contributed by atoms with Crippen molar-refractivity contribution in [2.24, 2.45) is 0 Å². The van der Waals surface area contributed by atoms with Gasteiger partial charge in [0.2, 0.25) is 0 Å². The zero-order valence-corrected chi connectivity index (χ0v) is 12.6. The Bertz CT molecular complexity index is 428. The minimum absolute atomic E-state index is 0.199. The van der Waals surface area contributed by atoms with Gasteiger partial charge in [-0.2, -0.15) is 0 Å². The van der Waals surface area contributed by atoms with Crippen molar-refractivity contribution in [3.63, 3.8) is 0 Å². The summed E-state index contributed by atoms with van der Waals surface area (Å²) in [5.74, 6) is 0.354. The molecule has 0 atom stereocenters. The highest BCUT2D eigenvalue weighted by Crippen LogP contribution is 2.19. The van der Waals surface area contributed by atoms with Crippen molar-refractivity contribution in [1.82, 2.24) is 5.32 Å². The minimum atomic E-state index is -0.426. The second kappa shape index (κ2) is 8.55. The van der Waals surface area contributed by atoms with E-state index in [1.165, 1.54) is 0 Å². The van der Waals surface area contributed by atoms with Crippen LogP contribution in [0.4, 0.5) is 0 Å². The van der Waals surface area contributed by atoms with Crippen LogP contribution in [0.2, 0.25) is 0 Å². The number of hydrogen-bond acceptors (Lipinski definition) is 4. The molecule has 1 N–H and O–H groups in total. The Morgan fingerprint density at radius 1 is 1.25 bits per heavy atom. The standard InChI is InChI=1S/C15H23NO4/c1-5-19-14(20-6-2)10-16-15(17)12-9-11(3)7-8-13(12)18-4/h7-9,14H,5-6,10H2,1-4H3,(H,16,17). The molecule has 5 nitrogen and oxygen atoms in total. The van der Waals surface area contributed by atoms with E-state index in [0.717, 1.165) is 5.56 Å². The maximum absolute atomic E-state index is 12.2. The Hall–Kier alpha value is -1.59. The molecule has 20 heavy (non-hydrogen) atoms. The molecule has 1 aromatic rings. The molecule has 5 heteroatoms. The van der Waals surface area contributed by atoms with E-state index in [-0.39, 0.29) is 5.91 Å². The first-order valence-electron chi connectivity index (χ1n) is 6.78. The first-order chi connectivity index (χ1) is 9.62. The van der Waals surface area contributed by atoms with E-state index in [2.05, 4.69) is 5.32 Å². The van der Waals surface area contributed by atoms with Crippen LogP contribution >= 0.6 is 0 Å². The topological polar surface area (TPSA) is 56.8 Å². The van der Waals surface area contributed by atoms with Crippen LogP contribution in [0.1, 0.15) is 29.8 Å². The van der Waals surface area contributed by atoms with Crippen molar-refractivity contribution in [2.45, 2.75) is 27.1 Å². The molecule has 0 aromatic heterocycles. The number of aryl methyl sites for hydroxylation is 1. The van der Waals surface area contributed by atoms with Crippen molar-refractivity contribution in [2.75, 3.05) is 26.9 Å². The summed E-state index contributed by atoms with van der Waals surface area (Å²) in [6.45, 7) is 7.08. The average molecular weight is 281 g/mol. The maximum Gasteiger partial charge on any atom is 0.255 e. The summed E-state index contributed by atoms with van der Waals surface area (Å²) in [5, 5.41) is 2.80. The Morgan fingerprint density at radius 2 is 1.90 bits per heavy atom. The fourth-order valence-electron chi connectivity index (χ4n) is 1.81. The SMILES string of the molecule is CCOC(CNC(=O)c1cc(C)ccc1OC)OCC. The highest BCUT2D eigenvalue weighted by molar-refractivity contribution is 5.97. The largest absolute Gasteiger partial charge is 0.496 e. The molecule has 112 valence electrons. The molecule has 0 radical (unpaired) electrons. The Morgan fingerprint density at radius 3 is 2.45 bits per heavy atom. The predicted octanol–water partition coefficient (Wildman–Crippen LogP) is 2.13. The summed E-state index contributed by atoms with van der Waals surface area (Å²) >= 11 is 0. The fraction of sp³-hybridized carbons (Fsp3) is 0.533. The molecular weight excluding hydrogens is 258 g/mol. The molecule has 0 fully saturated rings. The number of ether oxygens (including phenoxy) is 3. The first kappa shape index (κ1) is 16.5. The quantitative estimate of drug-likeness (QED) is 0.742. The van der Waals surface area contributed by atoms with E-state index in [4.69, 9.17) is 14.2 Å². The van der Waals surface area contributed by atoms with Gasteiger partial charge in [0.05, 0.1) is 19.2 Å². The van der Waals surface area contributed by atoms with Crippen molar-refractivity contribution < 1.29 is 19.0 Å². The third kappa shape index (κ3) is 4.83. The van der Waals surface area contributed by atoms with Gasteiger partial charge in [0, 0.05) is 13.2 Å². The van der Waals surface area contributed by atoms with Crippen LogP contribution in [0, 0.1) is 6.92 Å². The van der Waals surface area contributed by atoms with Crippen LogP contribution in [0.25, 0.3) is 0 Å². The molecule has 0 bridgehead atoms. The van der Waals surface area contributed by atoms with Gasteiger partial charge in [-0.25, -0.2) is 0 Å². The lowest BCUT2D eigenvalue weighted by Crippen LogP contribution is -2.35. The van der Waals surface area contributed by atoms with E-state index < -0.39 is 6.29 Å². The molecule has 0 aliphatic heterocycles. The van der Waals surface area contributed by atoms with E-state index >= 15 is 0 Å². The summed E-state index contributed by atoms with van der Waals surface area (Å²) in [5.41, 5.74) is 1.52. The van der Waals surface area contributed by atoms with Gasteiger partial charge in [-0.3, -0.25) is 4.79 Å². The third-order valence-electron chi connectivity index (χ3n) is 2.73. The maximum atomic E-state index is 12.2. The molecule has 1 aromatic carbocycles. The van der Waals surface area contributed by atoms with Gasteiger partial charge in [0.1, 0.15) is 5.75 Å². The third-order valence-corrected chi connectivity index (χ3v) is 2.73. The molecule has 0 heterocycles. The molecule has 1 amide bonds. The highest BCUT2D eigenvalue weighted by Gasteiger charge is 2.15. The van der Waals surface area contributed by atoms with E-state index in [1.54, 1.807) is 19.2 Å². The van der Waals surface area contributed by atoms with Crippen LogP contribution in [-0.2, 0) is 9.47 Å². The van der Waals surface area contributed by atoms with Gasteiger partial charge in [-0.1, -0.05) is 11.6 Å². The average Bonchev–Trinajstić information content (AvgIpc) is 2.45.